The van der Waals surface area contributed by atoms with Crippen LogP contribution < -0.4 is 0 Å². The fourth-order valence-electron chi connectivity index (χ4n) is 2.66. The topological polar surface area (TPSA) is 55.3 Å². The molecule has 144 valence electrons. The molecule has 0 aliphatic carbocycles. The maximum Gasteiger partial charge on any atom is 0.223 e. The van der Waals surface area contributed by atoms with Crippen LogP contribution >= 0.6 is 11.8 Å². The van der Waals surface area contributed by atoms with Gasteiger partial charge in [-0.05, 0) is 39.0 Å². The van der Waals surface area contributed by atoms with Crippen LogP contribution in [0.25, 0.3) is 0 Å². The number of benzene rings is 1. The Kier molecular flexibility index (Phi) is 8.00. The predicted molar refractivity (Wildman–Crippen MR) is 110 cm³/mol. The van der Waals surface area contributed by atoms with Gasteiger partial charge >= 0.3 is 0 Å². The summed E-state index contributed by atoms with van der Waals surface area (Å²) in [7, 11) is 1.64. The van der Waals surface area contributed by atoms with Crippen LogP contribution in [0.1, 0.15) is 54.1 Å². The van der Waals surface area contributed by atoms with Crippen molar-refractivity contribution < 1.29 is 9.63 Å². The van der Waals surface area contributed by atoms with Crippen LogP contribution in [0.2, 0.25) is 0 Å². The van der Waals surface area contributed by atoms with Gasteiger partial charge in [-0.2, -0.15) is 0 Å². The Bertz CT molecular complexity index is 806. The molecule has 0 saturated carbocycles. The summed E-state index contributed by atoms with van der Waals surface area (Å²) in [6.07, 6.45) is 3.60. The highest BCUT2D eigenvalue weighted by atomic mass is 32.2. The van der Waals surface area contributed by atoms with Crippen molar-refractivity contribution >= 4 is 16.9 Å². The average molecular weight is 386 g/mol. The van der Waals surface area contributed by atoms with Gasteiger partial charge in [-0.1, -0.05) is 43.7 Å². The first-order chi connectivity index (χ1) is 13.0. The fourth-order valence-corrected chi connectivity index (χ4v) is 3.69. The molecule has 5 nitrogen and oxygen atoms in total. The third kappa shape index (κ3) is 5.91. The summed E-state index contributed by atoms with van der Waals surface area (Å²) in [6, 6.07) is 9.36. The van der Waals surface area contributed by atoms with Gasteiger partial charge in [-0.25, -0.2) is 9.97 Å². The number of carbonyl (C=O) groups is 1. The molecule has 6 heteroatoms. The fraction of sp³-hybridized carbons (Fsp3) is 0.381. The maximum absolute atomic E-state index is 12.6. The summed E-state index contributed by atoms with van der Waals surface area (Å²) in [5, 5.41) is 1.85. The number of allylic oxidation sites excluding steroid dienone is 2. The van der Waals surface area contributed by atoms with Crippen LogP contribution in [0.15, 0.2) is 47.1 Å². The zero-order valence-corrected chi connectivity index (χ0v) is 17.5. The number of rotatable bonds is 8. The molecule has 2 aromatic rings. The molecule has 0 fully saturated rings. The molecule has 0 atom stereocenters. The highest BCUT2D eigenvalue weighted by Crippen LogP contribution is 2.30. The molecule has 1 aromatic heterocycles. The number of aryl methyl sites for hydroxylation is 2. The summed E-state index contributed by atoms with van der Waals surface area (Å²) in [5.74, 6) is 0.753. The van der Waals surface area contributed by atoms with Crippen molar-refractivity contribution in [1.29, 1.82) is 0 Å². The summed E-state index contributed by atoms with van der Waals surface area (Å²) >= 11 is 1.28. The van der Waals surface area contributed by atoms with Gasteiger partial charge in [0, 0.05) is 33.6 Å². The highest BCUT2D eigenvalue weighted by Gasteiger charge is 2.17. The number of hydrogen-bond donors (Lipinski definition) is 0. The number of thioether (sulfide) groups is 1. The van der Waals surface area contributed by atoms with Gasteiger partial charge in [0.1, 0.15) is 5.82 Å². The molecule has 27 heavy (non-hydrogen) atoms. The average Bonchev–Trinajstić information content (AvgIpc) is 2.67. The lowest BCUT2D eigenvalue weighted by atomic mass is 10.2. The molecule has 0 bridgehead atoms. The van der Waals surface area contributed by atoms with Crippen molar-refractivity contribution in [3.05, 3.63) is 69.8 Å². The van der Waals surface area contributed by atoms with Gasteiger partial charge in [0.2, 0.25) is 5.12 Å². The second-order valence-corrected chi connectivity index (χ2v) is 7.33. The normalized spacial score (nSPS) is 11.9. The molecule has 1 aromatic carbocycles. The van der Waals surface area contributed by atoms with Crippen molar-refractivity contribution in [3.63, 3.8) is 0 Å². The van der Waals surface area contributed by atoms with E-state index < -0.39 is 0 Å². The van der Waals surface area contributed by atoms with Gasteiger partial charge < -0.3 is 0 Å². The summed E-state index contributed by atoms with van der Waals surface area (Å²) in [5.41, 5.74) is 3.57. The quantitative estimate of drug-likeness (QED) is 0.592. The predicted octanol–water partition coefficient (Wildman–Crippen LogP) is 5.06. The van der Waals surface area contributed by atoms with Crippen LogP contribution in [0.5, 0.6) is 0 Å². The summed E-state index contributed by atoms with van der Waals surface area (Å²) in [6.45, 7) is 8.47. The number of hydrogen-bond acceptors (Lipinski definition) is 6. The lowest BCUT2D eigenvalue weighted by Crippen LogP contribution is -2.22. The zero-order chi connectivity index (χ0) is 19.8. The summed E-state index contributed by atoms with van der Waals surface area (Å²) in [4.78, 5) is 28.0. The van der Waals surface area contributed by atoms with E-state index in [-0.39, 0.29) is 5.12 Å². The summed E-state index contributed by atoms with van der Waals surface area (Å²) < 4.78 is 0. The Morgan fingerprint density at radius 1 is 1.22 bits per heavy atom. The van der Waals surface area contributed by atoms with E-state index >= 15 is 0 Å². The molecular formula is C21H27N3O2S. The van der Waals surface area contributed by atoms with Crippen molar-refractivity contribution in [2.75, 3.05) is 7.11 Å². The molecule has 0 spiro atoms. The molecular weight excluding hydrogens is 358 g/mol. The van der Waals surface area contributed by atoms with E-state index in [4.69, 9.17) is 4.84 Å². The van der Waals surface area contributed by atoms with E-state index in [2.05, 4.69) is 16.9 Å². The first-order valence-corrected chi connectivity index (χ1v) is 9.85. The van der Waals surface area contributed by atoms with Crippen molar-refractivity contribution in [2.45, 2.75) is 47.1 Å². The lowest BCUT2D eigenvalue weighted by Gasteiger charge is -2.25. The van der Waals surface area contributed by atoms with E-state index in [0.717, 1.165) is 40.5 Å². The van der Waals surface area contributed by atoms with Crippen LogP contribution in [-0.2, 0) is 11.4 Å². The van der Waals surface area contributed by atoms with E-state index in [9.17, 15) is 4.79 Å². The number of carbonyl (C=O) groups excluding carboxylic acids is 1. The van der Waals surface area contributed by atoms with E-state index in [0.29, 0.717) is 12.1 Å². The van der Waals surface area contributed by atoms with Crippen LogP contribution in [0, 0.1) is 13.8 Å². The van der Waals surface area contributed by atoms with E-state index in [1.54, 1.807) is 12.2 Å². The van der Waals surface area contributed by atoms with Crippen molar-refractivity contribution in [1.82, 2.24) is 15.0 Å². The smallest absolute Gasteiger partial charge is 0.223 e. The highest BCUT2D eigenvalue weighted by molar-refractivity contribution is 8.17. The molecule has 0 unspecified atom stereocenters. The zero-order valence-electron chi connectivity index (χ0n) is 16.7. The molecule has 0 radical (unpaired) electrons. The molecule has 0 saturated heterocycles. The number of nitrogens with zero attached hydrogens (tertiary/aromatic N) is 3. The maximum atomic E-state index is 12.6. The third-order valence-corrected chi connectivity index (χ3v) is 5.38. The Morgan fingerprint density at radius 3 is 2.52 bits per heavy atom. The second-order valence-electron chi connectivity index (χ2n) is 6.26. The number of aromatic nitrogens is 2. The molecule has 0 amide bonds. The second kappa shape index (κ2) is 10.2. The van der Waals surface area contributed by atoms with Crippen LogP contribution in [0.3, 0.4) is 0 Å². The van der Waals surface area contributed by atoms with E-state index in [1.165, 1.54) is 11.8 Å². The first kappa shape index (κ1) is 21.1. The van der Waals surface area contributed by atoms with Gasteiger partial charge in [-0.15, -0.1) is 0 Å². The Morgan fingerprint density at radius 2 is 1.93 bits per heavy atom. The van der Waals surface area contributed by atoms with Gasteiger partial charge in [0.25, 0.3) is 0 Å². The van der Waals surface area contributed by atoms with Crippen molar-refractivity contribution in [3.8, 4) is 0 Å². The number of hydroxylamine groups is 2. The minimum absolute atomic E-state index is 0.0457. The van der Waals surface area contributed by atoms with Gasteiger partial charge in [-0.3, -0.25) is 14.7 Å². The molecule has 1 heterocycles. The van der Waals surface area contributed by atoms with Crippen LogP contribution in [0.4, 0.5) is 0 Å². The standard InChI is InChI=1S/C21H27N3O2S/c1-6-10-20(27-21(25)18-11-8-7-9-12-18)16(3)24(26-5)14-19-13-22-17(4)23-15(19)2/h7-9,11-13H,6,10,14H2,1-5H3/b20-16-. The first-order valence-electron chi connectivity index (χ1n) is 9.04. The third-order valence-electron chi connectivity index (χ3n) is 4.22. The molecule has 0 aliphatic heterocycles. The molecule has 0 aliphatic rings. The minimum atomic E-state index is 0.0457. The Labute approximate surface area is 165 Å². The van der Waals surface area contributed by atoms with Gasteiger partial charge in [0.05, 0.1) is 13.7 Å². The largest absolute Gasteiger partial charge is 0.281 e. The lowest BCUT2D eigenvalue weighted by molar-refractivity contribution is -0.108. The SMILES string of the molecule is CCC/C(SC(=O)c1ccccc1)=C(\C)N(Cc1cnc(C)nc1C)OC. The van der Waals surface area contributed by atoms with E-state index in [1.807, 2.05) is 57.3 Å². The van der Waals surface area contributed by atoms with Crippen LogP contribution in [-0.4, -0.2) is 27.3 Å². The van der Waals surface area contributed by atoms with Gasteiger partial charge in [0.15, 0.2) is 0 Å². The monoisotopic (exact) mass is 385 g/mol. The minimum Gasteiger partial charge on any atom is -0.281 e. The van der Waals surface area contributed by atoms with Crippen molar-refractivity contribution in [2.24, 2.45) is 0 Å². The Balaban J connectivity index is 2.25. The molecule has 0 N–H and O–H groups in total. The molecule has 2 rings (SSSR count). The Hall–Kier alpha value is -2.18.